The van der Waals surface area contributed by atoms with E-state index in [-0.39, 0.29) is 0 Å². The number of nitrogens with zero attached hydrogens (tertiary/aromatic N) is 3. The van der Waals surface area contributed by atoms with E-state index in [4.69, 9.17) is 10.6 Å². The van der Waals surface area contributed by atoms with Crippen molar-refractivity contribution in [2.24, 2.45) is 5.84 Å². The summed E-state index contributed by atoms with van der Waals surface area (Å²) in [5, 5.41) is 0.977. The zero-order chi connectivity index (χ0) is 14.8. The van der Waals surface area contributed by atoms with Crippen molar-refractivity contribution in [3.05, 3.63) is 10.9 Å². The second-order valence-electron chi connectivity index (χ2n) is 5.34. The van der Waals surface area contributed by atoms with E-state index < -0.39 is 0 Å². The summed E-state index contributed by atoms with van der Waals surface area (Å²) in [6.07, 6.45) is 3.59. The minimum absolute atomic E-state index is 0.401. The molecular weight excluding hydrogens is 286 g/mol. The Morgan fingerprint density at radius 1 is 1.48 bits per heavy atom. The van der Waals surface area contributed by atoms with Crippen molar-refractivity contribution in [2.45, 2.75) is 32.2 Å². The maximum Gasteiger partial charge on any atom is 0.241 e. The number of likely N-dealkylation sites (N-methyl/N-ethyl adjacent to an activating group) is 1. The first-order valence-electron chi connectivity index (χ1n) is 7.31. The molecule has 0 spiro atoms. The third kappa shape index (κ3) is 3.25. The van der Waals surface area contributed by atoms with Gasteiger partial charge in [0.2, 0.25) is 11.8 Å². The zero-order valence-corrected chi connectivity index (χ0v) is 13.2. The van der Waals surface area contributed by atoms with Gasteiger partial charge in [0.15, 0.2) is 0 Å². The Morgan fingerprint density at radius 3 is 2.95 bits per heavy atom. The van der Waals surface area contributed by atoms with Crippen LogP contribution in [-0.4, -0.2) is 41.1 Å². The molecule has 7 heteroatoms. The molecule has 1 aliphatic carbocycles. The van der Waals surface area contributed by atoms with Crippen molar-refractivity contribution in [1.29, 1.82) is 0 Å². The molecule has 0 bridgehead atoms. The maximum absolute atomic E-state index is 5.89. The first-order valence-corrected chi connectivity index (χ1v) is 8.13. The van der Waals surface area contributed by atoms with Crippen LogP contribution in [0.1, 0.15) is 24.6 Å². The van der Waals surface area contributed by atoms with Gasteiger partial charge in [0.05, 0.1) is 5.39 Å². The van der Waals surface area contributed by atoms with E-state index in [1.807, 2.05) is 0 Å². The highest BCUT2D eigenvalue weighted by Crippen LogP contribution is 2.31. The lowest BCUT2D eigenvalue weighted by molar-refractivity contribution is 0.228. The molecule has 0 aliphatic heterocycles. The van der Waals surface area contributed by atoms with Crippen molar-refractivity contribution >= 4 is 27.5 Å². The number of hydrogen-bond donors (Lipinski definition) is 2. The van der Waals surface area contributed by atoms with Gasteiger partial charge in [-0.05, 0) is 32.4 Å². The zero-order valence-electron chi connectivity index (χ0n) is 12.4. The van der Waals surface area contributed by atoms with Crippen molar-refractivity contribution in [3.8, 4) is 5.88 Å². The Balaban J connectivity index is 1.76. The third-order valence-electron chi connectivity index (χ3n) is 3.74. The van der Waals surface area contributed by atoms with Crippen LogP contribution < -0.4 is 16.0 Å². The van der Waals surface area contributed by atoms with Gasteiger partial charge < -0.3 is 9.64 Å². The van der Waals surface area contributed by atoms with E-state index in [1.54, 1.807) is 11.3 Å². The van der Waals surface area contributed by atoms with E-state index in [0.717, 1.165) is 29.2 Å². The first kappa shape index (κ1) is 14.5. The van der Waals surface area contributed by atoms with Crippen molar-refractivity contribution in [1.82, 2.24) is 14.9 Å². The fraction of sp³-hybridized carbons (Fsp3) is 0.571. The number of ether oxygens (including phenoxy) is 1. The summed E-state index contributed by atoms with van der Waals surface area (Å²) in [4.78, 5) is 13.3. The number of thiophene rings is 1. The molecule has 1 aliphatic rings. The topological polar surface area (TPSA) is 76.3 Å². The van der Waals surface area contributed by atoms with Gasteiger partial charge in [-0.25, -0.2) is 10.8 Å². The second kappa shape index (κ2) is 6.13. The summed E-state index contributed by atoms with van der Waals surface area (Å²) >= 11 is 1.66. The number of nitrogen functional groups attached to an aromatic ring is 1. The molecule has 3 rings (SSSR count). The number of hydrogen-bond acceptors (Lipinski definition) is 7. The van der Waals surface area contributed by atoms with Gasteiger partial charge in [-0.3, -0.25) is 5.43 Å². The van der Waals surface area contributed by atoms with Gasteiger partial charge >= 0.3 is 0 Å². The SMILES string of the molecule is CCc1cc2c(OCCN(C)C3CC3)nc(NN)nc2s1. The lowest BCUT2D eigenvalue weighted by atomic mass is 10.3. The standard InChI is InChI=1S/C14H21N5OS/c1-3-10-8-11-12(16-14(18-15)17-13(11)21-10)20-7-6-19(2)9-4-5-9/h8-9H,3-7,15H2,1-2H3,(H,16,17,18). The van der Waals surface area contributed by atoms with Crippen molar-refractivity contribution in [3.63, 3.8) is 0 Å². The Morgan fingerprint density at radius 2 is 2.29 bits per heavy atom. The lowest BCUT2D eigenvalue weighted by Crippen LogP contribution is -2.26. The molecule has 1 saturated carbocycles. The molecule has 2 heterocycles. The van der Waals surface area contributed by atoms with Crippen LogP contribution in [0.5, 0.6) is 5.88 Å². The average molecular weight is 307 g/mol. The Hall–Kier alpha value is -1.44. The largest absolute Gasteiger partial charge is 0.476 e. The lowest BCUT2D eigenvalue weighted by Gasteiger charge is -2.15. The highest BCUT2D eigenvalue weighted by Gasteiger charge is 2.25. The number of hydrazine groups is 1. The molecule has 6 nitrogen and oxygen atoms in total. The highest BCUT2D eigenvalue weighted by molar-refractivity contribution is 7.18. The number of nitrogens with one attached hydrogen (secondary N) is 1. The van der Waals surface area contributed by atoms with Crippen LogP contribution in [0.4, 0.5) is 5.95 Å². The van der Waals surface area contributed by atoms with E-state index in [0.29, 0.717) is 18.4 Å². The molecule has 0 atom stereocenters. The summed E-state index contributed by atoms with van der Waals surface area (Å²) in [5.41, 5.74) is 2.51. The quantitative estimate of drug-likeness (QED) is 0.602. The van der Waals surface area contributed by atoms with Gasteiger partial charge in [-0.1, -0.05) is 6.92 Å². The van der Waals surface area contributed by atoms with Crippen molar-refractivity contribution in [2.75, 3.05) is 25.6 Å². The van der Waals surface area contributed by atoms with Crippen LogP contribution >= 0.6 is 11.3 Å². The minimum atomic E-state index is 0.401. The van der Waals surface area contributed by atoms with Crippen molar-refractivity contribution < 1.29 is 4.74 Å². The van der Waals surface area contributed by atoms with Crippen LogP contribution in [0.25, 0.3) is 10.2 Å². The molecule has 0 radical (unpaired) electrons. The highest BCUT2D eigenvalue weighted by atomic mass is 32.1. The van der Waals surface area contributed by atoms with E-state index >= 15 is 0 Å². The van der Waals surface area contributed by atoms with Gasteiger partial charge in [0, 0.05) is 17.5 Å². The predicted molar refractivity (Wildman–Crippen MR) is 85.8 cm³/mol. The van der Waals surface area contributed by atoms with Crippen LogP contribution in [0, 0.1) is 0 Å². The van der Waals surface area contributed by atoms with Crippen LogP contribution in [0.3, 0.4) is 0 Å². The molecule has 0 amide bonds. The Labute approximate surface area is 128 Å². The fourth-order valence-corrected chi connectivity index (χ4v) is 3.24. The molecule has 2 aromatic heterocycles. The maximum atomic E-state index is 5.89. The van der Waals surface area contributed by atoms with Gasteiger partial charge in [-0.15, -0.1) is 11.3 Å². The minimum Gasteiger partial charge on any atom is -0.476 e. The predicted octanol–water partition coefficient (Wildman–Crippen LogP) is 2.01. The molecule has 1 fully saturated rings. The summed E-state index contributed by atoms with van der Waals surface area (Å²) in [6.45, 7) is 3.66. The smallest absolute Gasteiger partial charge is 0.241 e. The number of rotatable bonds is 7. The van der Waals surface area contributed by atoms with E-state index in [1.165, 1.54) is 17.7 Å². The molecule has 2 aromatic rings. The molecule has 0 unspecified atom stereocenters. The number of fused-ring (bicyclic) bond motifs is 1. The Bertz CT molecular complexity index is 625. The molecule has 3 N–H and O–H groups in total. The second-order valence-corrected chi connectivity index (χ2v) is 6.46. The third-order valence-corrected chi connectivity index (χ3v) is 4.91. The van der Waals surface area contributed by atoms with Crippen LogP contribution in [-0.2, 0) is 6.42 Å². The summed E-state index contributed by atoms with van der Waals surface area (Å²) in [7, 11) is 2.14. The van der Waals surface area contributed by atoms with E-state index in [2.05, 4.69) is 40.3 Å². The monoisotopic (exact) mass is 307 g/mol. The molecule has 0 saturated heterocycles. The molecule has 0 aromatic carbocycles. The molecule has 114 valence electrons. The Kier molecular flexibility index (Phi) is 4.23. The van der Waals surface area contributed by atoms with Crippen LogP contribution in [0.15, 0.2) is 6.07 Å². The summed E-state index contributed by atoms with van der Waals surface area (Å²) in [6, 6.07) is 2.85. The number of nitrogens with two attached hydrogens (primary N) is 1. The normalized spacial score (nSPS) is 14.9. The first-order chi connectivity index (χ1) is 10.2. The van der Waals surface area contributed by atoms with Gasteiger partial charge in [-0.2, -0.15) is 4.98 Å². The fourth-order valence-electron chi connectivity index (χ4n) is 2.28. The van der Waals surface area contributed by atoms with Gasteiger partial charge in [0.1, 0.15) is 11.4 Å². The molecule has 21 heavy (non-hydrogen) atoms. The summed E-state index contributed by atoms with van der Waals surface area (Å²) in [5.74, 6) is 6.46. The summed E-state index contributed by atoms with van der Waals surface area (Å²) < 4.78 is 5.89. The number of aryl methyl sites for hydroxylation is 1. The van der Waals surface area contributed by atoms with Crippen LogP contribution in [0.2, 0.25) is 0 Å². The van der Waals surface area contributed by atoms with Gasteiger partial charge in [0.25, 0.3) is 0 Å². The number of anilines is 1. The number of aromatic nitrogens is 2. The van der Waals surface area contributed by atoms with E-state index in [9.17, 15) is 0 Å². The molecular formula is C14H21N5OS. The average Bonchev–Trinajstić information content (AvgIpc) is 3.26.